The Morgan fingerprint density at radius 2 is 1.56 bits per heavy atom. The Morgan fingerprint density at radius 1 is 1.00 bits per heavy atom. The molecule has 3 N–H and O–H groups in total. The van der Waals surface area contributed by atoms with Gasteiger partial charge >= 0.3 is 12.0 Å². The molecule has 27 heavy (non-hydrogen) atoms. The van der Waals surface area contributed by atoms with Crippen molar-refractivity contribution in [3.63, 3.8) is 0 Å². The first-order chi connectivity index (χ1) is 12.9. The molecule has 0 aliphatic heterocycles. The number of rotatable bonds is 6. The van der Waals surface area contributed by atoms with Gasteiger partial charge in [0.15, 0.2) is 6.61 Å². The van der Waals surface area contributed by atoms with E-state index in [-0.39, 0.29) is 17.4 Å². The van der Waals surface area contributed by atoms with Crippen molar-refractivity contribution in [1.82, 2.24) is 10.6 Å². The maximum absolute atomic E-state index is 12.0. The third kappa shape index (κ3) is 6.14. The molecule has 2 aromatic carbocycles. The third-order valence-electron chi connectivity index (χ3n) is 3.90. The Bertz CT molecular complexity index is 800. The lowest BCUT2D eigenvalue weighted by atomic mass is 10.0. The number of hydrogen-bond acceptors (Lipinski definition) is 5. The second kappa shape index (κ2) is 9.38. The average molecular weight is 370 g/mol. The van der Waals surface area contributed by atoms with E-state index in [1.807, 2.05) is 13.8 Å². The number of phenolic OH excluding ortho intramolecular Hbond substituents is 1. The largest absolute Gasteiger partial charge is 0.508 e. The van der Waals surface area contributed by atoms with E-state index in [9.17, 15) is 19.5 Å². The molecule has 3 amide bonds. The molecule has 0 aliphatic carbocycles. The third-order valence-corrected chi connectivity index (χ3v) is 3.90. The lowest BCUT2D eigenvalue weighted by molar-refractivity contribution is -0.123. The monoisotopic (exact) mass is 370 g/mol. The number of urea groups is 1. The second-order valence-electron chi connectivity index (χ2n) is 6.03. The molecule has 0 aromatic heterocycles. The maximum atomic E-state index is 12.0. The molecular formula is C20H22N2O5. The zero-order valence-corrected chi connectivity index (χ0v) is 15.2. The SMILES string of the molecule is CC[C@@H](C)NC(=O)NC(=O)COC(=O)c1ccc(-c2ccc(O)cc2)cc1. The summed E-state index contributed by atoms with van der Waals surface area (Å²) < 4.78 is 4.92. The molecule has 2 rings (SSSR count). The van der Waals surface area contributed by atoms with E-state index < -0.39 is 24.5 Å². The van der Waals surface area contributed by atoms with E-state index in [1.54, 1.807) is 48.5 Å². The van der Waals surface area contributed by atoms with Crippen LogP contribution in [-0.2, 0) is 9.53 Å². The number of ether oxygens (including phenoxy) is 1. The molecule has 0 radical (unpaired) electrons. The Labute approximate surface area is 157 Å². The minimum absolute atomic E-state index is 0.0625. The minimum atomic E-state index is -0.704. The van der Waals surface area contributed by atoms with E-state index >= 15 is 0 Å². The highest BCUT2D eigenvalue weighted by Crippen LogP contribution is 2.22. The summed E-state index contributed by atoms with van der Waals surface area (Å²) in [7, 11) is 0. The second-order valence-corrected chi connectivity index (χ2v) is 6.03. The summed E-state index contributed by atoms with van der Waals surface area (Å²) in [6, 6.07) is 12.6. The van der Waals surface area contributed by atoms with E-state index in [0.29, 0.717) is 0 Å². The van der Waals surface area contributed by atoms with Crippen molar-refractivity contribution in [2.45, 2.75) is 26.3 Å². The van der Waals surface area contributed by atoms with Gasteiger partial charge in [0.05, 0.1) is 5.56 Å². The van der Waals surface area contributed by atoms with Crippen LogP contribution in [-0.4, -0.2) is 35.7 Å². The van der Waals surface area contributed by atoms with E-state index in [2.05, 4.69) is 10.6 Å². The van der Waals surface area contributed by atoms with Crippen molar-refractivity contribution >= 4 is 17.9 Å². The summed E-state index contributed by atoms with van der Waals surface area (Å²) in [5, 5.41) is 14.0. The predicted molar refractivity (Wildman–Crippen MR) is 100 cm³/mol. The van der Waals surface area contributed by atoms with Crippen LogP contribution in [0.3, 0.4) is 0 Å². The standard InChI is InChI=1S/C20H22N2O5/c1-3-13(2)21-20(26)22-18(24)12-27-19(25)16-6-4-14(5-7-16)15-8-10-17(23)11-9-15/h4-11,13,23H,3,12H2,1-2H3,(H2,21,22,24,26)/t13-/m1/s1. The molecule has 0 heterocycles. The van der Waals surface area contributed by atoms with Crippen LogP contribution >= 0.6 is 0 Å². The summed E-state index contributed by atoms with van der Waals surface area (Å²) in [6.07, 6.45) is 0.733. The maximum Gasteiger partial charge on any atom is 0.338 e. The van der Waals surface area contributed by atoms with Crippen LogP contribution in [0.25, 0.3) is 11.1 Å². The molecule has 0 aliphatic rings. The van der Waals surface area contributed by atoms with Gasteiger partial charge in [-0.3, -0.25) is 10.1 Å². The van der Waals surface area contributed by atoms with Crippen molar-refractivity contribution in [3.8, 4) is 16.9 Å². The van der Waals surface area contributed by atoms with Gasteiger partial charge < -0.3 is 15.2 Å². The summed E-state index contributed by atoms with van der Waals surface area (Å²) in [5.74, 6) is -1.19. The molecule has 0 spiro atoms. The van der Waals surface area contributed by atoms with Crippen LogP contribution in [0.2, 0.25) is 0 Å². The molecule has 2 aromatic rings. The Kier molecular flexibility index (Phi) is 6.93. The molecule has 0 unspecified atom stereocenters. The molecule has 7 heteroatoms. The molecule has 0 saturated carbocycles. The van der Waals surface area contributed by atoms with Crippen LogP contribution in [0.5, 0.6) is 5.75 Å². The van der Waals surface area contributed by atoms with Gasteiger partial charge in [-0.25, -0.2) is 9.59 Å². The lowest BCUT2D eigenvalue weighted by Crippen LogP contribution is -2.44. The predicted octanol–water partition coefficient (Wildman–Crippen LogP) is 2.84. The fourth-order valence-electron chi connectivity index (χ4n) is 2.19. The molecule has 0 saturated heterocycles. The van der Waals surface area contributed by atoms with Crippen LogP contribution in [0.15, 0.2) is 48.5 Å². The van der Waals surface area contributed by atoms with Gasteiger partial charge in [0.25, 0.3) is 5.91 Å². The zero-order chi connectivity index (χ0) is 19.8. The normalized spacial score (nSPS) is 11.3. The number of esters is 1. The Morgan fingerprint density at radius 3 is 2.11 bits per heavy atom. The number of carbonyl (C=O) groups is 3. The molecular weight excluding hydrogens is 348 g/mol. The minimum Gasteiger partial charge on any atom is -0.508 e. The number of nitrogens with one attached hydrogen (secondary N) is 2. The number of benzene rings is 2. The fourth-order valence-corrected chi connectivity index (χ4v) is 2.19. The van der Waals surface area contributed by atoms with Crippen molar-refractivity contribution in [3.05, 3.63) is 54.1 Å². The van der Waals surface area contributed by atoms with E-state index in [4.69, 9.17) is 4.74 Å². The number of amides is 3. The summed E-state index contributed by atoms with van der Waals surface area (Å²) in [5.41, 5.74) is 2.04. The highest BCUT2D eigenvalue weighted by Gasteiger charge is 2.13. The first kappa shape index (κ1) is 20.0. The molecule has 1 atom stereocenters. The number of imide groups is 1. The number of phenols is 1. The molecule has 142 valence electrons. The Hall–Kier alpha value is -3.35. The molecule has 0 bridgehead atoms. The van der Waals surface area contributed by atoms with Crippen molar-refractivity contribution in [2.75, 3.05) is 6.61 Å². The highest BCUT2D eigenvalue weighted by atomic mass is 16.5. The average Bonchev–Trinajstić information content (AvgIpc) is 2.66. The highest BCUT2D eigenvalue weighted by molar-refractivity contribution is 5.97. The van der Waals surface area contributed by atoms with Crippen molar-refractivity contribution < 1.29 is 24.2 Å². The van der Waals surface area contributed by atoms with Gasteiger partial charge in [-0.15, -0.1) is 0 Å². The summed E-state index contributed by atoms with van der Waals surface area (Å²) in [6.45, 7) is 3.17. The quantitative estimate of drug-likeness (QED) is 0.678. The van der Waals surface area contributed by atoms with Gasteiger partial charge in [-0.05, 0) is 48.7 Å². The van der Waals surface area contributed by atoms with Crippen molar-refractivity contribution in [1.29, 1.82) is 0 Å². The Balaban J connectivity index is 1.86. The lowest BCUT2D eigenvalue weighted by Gasteiger charge is -2.11. The fraction of sp³-hybridized carbons (Fsp3) is 0.250. The van der Waals surface area contributed by atoms with Crippen LogP contribution in [0.1, 0.15) is 30.6 Å². The first-order valence-corrected chi connectivity index (χ1v) is 8.56. The first-order valence-electron chi connectivity index (χ1n) is 8.56. The van der Waals surface area contributed by atoms with Gasteiger partial charge in [0.1, 0.15) is 5.75 Å². The van der Waals surface area contributed by atoms with E-state index in [0.717, 1.165) is 17.5 Å². The van der Waals surface area contributed by atoms with Gasteiger partial charge in [0.2, 0.25) is 0 Å². The topological polar surface area (TPSA) is 105 Å². The number of aromatic hydroxyl groups is 1. The van der Waals surface area contributed by atoms with Gasteiger partial charge in [-0.1, -0.05) is 31.2 Å². The van der Waals surface area contributed by atoms with Crippen LogP contribution in [0, 0.1) is 0 Å². The summed E-state index contributed by atoms with van der Waals surface area (Å²) >= 11 is 0. The van der Waals surface area contributed by atoms with Gasteiger partial charge in [0, 0.05) is 6.04 Å². The molecule has 7 nitrogen and oxygen atoms in total. The van der Waals surface area contributed by atoms with Crippen molar-refractivity contribution in [2.24, 2.45) is 0 Å². The number of hydrogen-bond donors (Lipinski definition) is 3. The number of carbonyl (C=O) groups excluding carboxylic acids is 3. The van der Waals surface area contributed by atoms with Gasteiger partial charge in [-0.2, -0.15) is 0 Å². The van der Waals surface area contributed by atoms with Crippen LogP contribution < -0.4 is 10.6 Å². The molecule has 0 fully saturated rings. The van der Waals surface area contributed by atoms with E-state index in [1.165, 1.54) is 0 Å². The smallest absolute Gasteiger partial charge is 0.338 e. The zero-order valence-electron chi connectivity index (χ0n) is 15.2. The van der Waals surface area contributed by atoms with Crippen LogP contribution in [0.4, 0.5) is 4.79 Å². The summed E-state index contributed by atoms with van der Waals surface area (Å²) in [4.78, 5) is 35.2.